The van der Waals surface area contributed by atoms with E-state index in [2.05, 4.69) is 5.32 Å². The molecule has 1 aromatic rings. The number of ether oxygens (including phenoxy) is 1. The van der Waals surface area contributed by atoms with Gasteiger partial charge >= 0.3 is 0 Å². The lowest BCUT2D eigenvalue weighted by molar-refractivity contribution is 0.218. The van der Waals surface area contributed by atoms with Crippen molar-refractivity contribution in [3.8, 4) is 0 Å². The molecule has 1 rings (SSSR count). The summed E-state index contributed by atoms with van der Waals surface area (Å²) < 4.78 is 18.6. The molecular formula is C12H18FNOS. The van der Waals surface area contributed by atoms with Crippen LogP contribution in [-0.4, -0.2) is 26.0 Å². The van der Waals surface area contributed by atoms with Gasteiger partial charge in [-0.3, -0.25) is 0 Å². The van der Waals surface area contributed by atoms with Crippen LogP contribution in [0.1, 0.15) is 12.5 Å². The predicted octanol–water partition coefficient (Wildman–Crippen LogP) is 2.67. The molecule has 1 aromatic carbocycles. The van der Waals surface area contributed by atoms with E-state index in [-0.39, 0.29) is 5.82 Å². The Morgan fingerprint density at radius 1 is 1.44 bits per heavy atom. The second-order valence-corrected chi connectivity index (χ2v) is 4.47. The highest BCUT2D eigenvalue weighted by Crippen LogP contribution is 2.24. The number of hydrogen-bond acceptors (Lipinski definition) is 3. The number of benzene rings is 1. The zero-order valence-corrected chi connectivity index (χ0v) is 10.6. The molecule has 1 N–H and O–H groups in total. The molecule has 0 saturated carbocycles. The molecule has 4 heteroatoms. The number of hydrogen-bond donors (Lipinski definition) is 1. The van der Waals surface area contributed by atoms with E-state index >= 15 is 0 Å². The molecule has 0 aromatic heterocycles. The van der Waals surface area contributed by atoms with Crippen molar-refractivity contribution in [2.75, 3.05) is 26.0 Å². The van der Waals surface area contributed by atoms with E-state index in [1.165, 1.54) is 6.07 Å². The Labute approximate surface area is 101 Å². The molecule has 0 unspecified atom stereocenters. The highest BCUT2D eigenvalue weighted by atomic mass is 32.2. The molecule has 0 amide bonds. The fraction of sp³-hybridized carbons (Fsp3) is 0.500. The van der Waals surface area contributed by atoms with E-state index in [4.69, 9.17) is 4.74 Å². The van der Waals surface area contributed by atoms with Crippen LogP contribution in [0.4, 0.5) is 4.39 Å². The summed E-state index contributed by atoms with van der Waals surface area (Å²) in [5.41, 5.74) is 0.755. The van der Waals surface area contributed by atoms with Crippen LogP contribution in [0, 0.1) is 5.82 Å². The molecule has 0 atom stereocenters. The summed E-state index contributed by atoms with van der Waals surface area (Å²) in [6, 6.07) is 5.21. The van der Waals surface area contributed by atoms with Gasteiger partial charge in [-0.05, 0) is 18.7 Å². The first-order valence-corrected chi connectivity index (χ1v) is 6.38. The van der Waals surface area contributed by atoms with Crippen molar-refractivity contribution in [1.82, 2.24) is 5.32 Å². The summed E-state index contributed by atoms with van der Waals surface area (Å²) in [5.74, 6) is 0.711. The van der Waals surface area contributed by atoms with Crippen LogP contribution in [0.25, 0.3) is 0 Å². The van der Waals surface area contributed by atoms with Crippen LogP contribution in [0.15, 0.2) is 23.1 Å². The third kappa shape index (κ3) is 4.12. The zero-order valence-electron chi connectivity index (χ0n) is 9.75. The molecule has 16 heavy (non-hydrogen) atoms. The monoisotopic (exact) mass is 243 g/mol. The molecule has 0 bridgehead atoms. The van der Waals surface area contributed by atoms with Gasteiger partial charge < -0.3 is 10.1 Å². The van der Waals surface area contributed by atoms with Gasteiger partial charge in [-0.15, -0.1) is 11.8 Å². The van der Waals surface area contributed by atoms with Crippen LogP contribution >= 0.6 is 11.8 Å². The van der Waals surface area contributed by atoms with Gasteiger partial charge in [0, 0.05) is 29.9 Å². The molecule has 0 radical (unpaired) electrons. The van der Waals surface area contributed by atoms with Gasteiger partial charge in [0.1, 0.15) is 5.82 Å². The van der Waals surface area contributed by atoms with E-state index in [1.807, 2.05) is 13.0 Å². The maximum Gasteiger partial charge on any atom is 0.128 e. The molecule has 0 aliphatic heterocycles. The molecule has 0 aliphatic rings. The van der Waals surface area contributed by atoms with Crippen LogP contribution in [0.2, 0.25) is 0 Å². The van der Waals surface area contributed by atoms with Gasteiger partial charge in [-0.25, -0.2) is 4.39 Å². The minimum Gasteiger partial charge on any atom is -0.384 e. The number of rotatable bonds is 7. The van der Waals surface area contributed by atoms with Gasteiger partial charge in [0.2, 0.25) is 0 Å². The van der Waals surface area contributed by atoms with Gasteiger partial charge in [0.15, 0.2) is 0 Å². The second kappa shape index (κ2) is 7.65. The number of halogens is 1. The van der Waals surface area contributed by atoms with Crippen molar-refractivity contribution in [1.29, 1.82) is 0 Å². The summed E-state index contributed by atoms with van der Waals surface area (Å²) in [4.78, 5) is 0.998. The lowest BCUT2D eigenvalue weighted by Crippen LogP contribution is -2.14. The van der Waals surface area contributed by atoms with Gasteiger partial charge in [-0.1, -0.05) is 13.0 Å². The van der Waals surface area contributed by atoms with E-state index in [9.17, 15) is 4.39 Å². The summed E-state index contributed by atoms with van der Waals surface area (Å²) in [5, 5.41) is 3.15. The van der Waals surface area contributed by atoms with Crippen molar-refractivity contribution in [2.24, 2.45) is 0 Å². The Morgan fingerprint density at radius 3 is 2.94 bits per heavy atom. The van der Waals surface area contributed by atoms with E-state index in [1.54, 1.807) is 24.9 Å². The number of nitrogens with one attached hydrogen (secondary N) is 1. The first kappa shape index (κ1) is 13.5. The summed E-state index contributed by atoms with van der Waals surface area (Å²) in [6.45, 7) is 4.12. The maximum absolute atomic E-state index is 13.6. The van der Waals surface area contributed by atoms with Crippen molar-refractivity contribution in [3.05, 3.63) is 29.6 Å². The molecule has 0 aliphatic carbocycles. The SMILES string of the molecule is CCNCc1c(F)cccc1SCCOC. The Hall–Kier alpha value is -0.580. The molecule has 90 valence electrons. The molecule has 0 heterocycles. The standard InChI is InChI=1S/C12H18FNOS/c1-3-14-9-10-11(13)5-4-6-12(10)16-8-7-15-2/h4-6,14H,3,7-9H2,1-2H3. The smallest absolute Gasteiger partial charge is 0.128 e. The van der Waals surface area contributed by atoms with Crippen molar-refractivity contribution in [3.63, 3.8) is 0 Å². The van der Waals surface area contributed by atoms with E-state index in [0.29, 0.717) is 13.2 Å². The first-order valence-electron chi connectivity index (χ1n) is 5.39. The minimum absolute atomic E-state index is 0.136. The van der Waals surface area contributed by atoms with E-state index in [0.717, 1.165) is 22.8 Å². The Kier molecular flexibility index (Phi) is 6.45. The van der Waals surface area contributed by atoms with Crippen molar-refractivity contribution in [2.45, 2.75) is 18.4 Å². The van der Waals surface area contributed by atoms with Gasteiger partial charge in [0.05, 0.1) is 6.61 Å². The molecule has 0 spiro atoms. The maximum atomic E-state index is 13.6. The lowest BCUT2D eigenvalue weighted by Gasteiger charge is -2.10. The van der Waals surface area contributed by atoms with Crippen LogP contribution < -0.4 is 5.32 Å². The van der Waals surface area contributed by atoms with Crippen molar-refractivity contribution >= 4 is 11.8 Å². The molecular weight excluding hydrogens is 225 g/mol. The second-order valence-electron chi connectivity index (χ2n) is 3.34. The topological polar surface area (TPSA) is 21.3 Å². The van der Waals surface area contributed by atoms with Crippen LogP contribution in [0.3, 0.4) is 0 Å². The Bertz CT molecular complexity index is 320. The van der Waals surface area contributed by atoms with Gasteiger partial charge in [-0.2, -0.15) is 0 Å². The zero-order chi connectivity index (χ0) is 11.8. The Balaban J connectivity index is 2.68. The average Bonchev–Trinajstić information content (AvgIpc) is 2.28. The Morgan fingerprint density at radius 2 is 2.25 bits per heavy atom. The third-order valence-corrected chi connectivity index (χ3v) is 3.24. The fourth-order valence-corrected chi connectivity index (χ4v) is 2.32. The lowest BCUT2D eigenvalue weighted by atomic mass is 10.2. The fourth-order valence-electron chi connectivity index (χ4n) is 1.33. The highest BCUT2D eigenvalue weighted by molar-refractivity contribution is 7.99. The van der Waals surface area contributed by atoms with Crippen LogP contribution in [0.5, 0.6) is 0 Å². The normalized spacial score (nSPS) is 10.7. The molecule has 0 saturated heterocycles. The quantitative estimate of drug-likeness (QED) is 0.587. The summed E-state index contributed by atoms with van der Waals surface area (Å²) >= 11 is 1.63. The van der Waals surface area contributed by atoms with Crippen LogP contribution in [-0.2, 0) is 11.3 Å². The number of thioether (sulfide) groups is 1. The molecule has 0 fully saturated rings. The third-order valence-electron chi connectivity index (χ3n) is 2.17. The van der Waals surface area contributed by atoms with E-state index < -0.39 is 0 Å². The largest absolute Gasteiger partial charge is 0.384 e. The number of methoxy groups -OCH3 is 1. The van der Waals surface area contributed by atoms with Gasteiger partial charge in [0.25, 0.3) is 0 Å². The predicted molar refractivity (Wildman–Crippen MR) is 66.4 cm³/mol. The summed E-state index contributed by atoms with van der Waals surface area (Å²) in [6.07, 6.45) is 0. The summed E-state index contributed by atoms with van der Waals surface area (Å²) in [7, 11) is 1.67. The first-order chi connectivity index (χ1) is 7.79. The minimum atomic E-state index is -0.136. The highest BCUT2D eigenvalue weighted by Gasteiger charge is 2.07. The van der Waals surface area contributed by atoms with Crippen molar-refractivity contribution < 1.29 is 9.13 Å². The molecule has 2 nitrogen and oxygen atoms in total. The average molecular weight is 243 g/mol.